The lowest BCUT2D eigenvalue weighted by Gasteiger charge is -2.34. The minimum Gasteiger partial charge on any atom is -0.330 e. The number of hydrogen-bond donors (Lipinski definition) is 1. The monoisotopic (exact) mass is 224 g/mol. The van der Waals surface area contributed by atoms with Crippen molar-refractivity contribution in [1.82, 2.24) is 4.90 Å². The third kappa shape index (κ3) is 4.26. The van der Waals surface area contributed by atoms with E-state index >= 15 is 0 Å². The Morgan fingerprint density at radius 1 is 1.31 bits per heavy atom. The average Bonchev–Trinajstić information content (AvgIpc) is 2.28. The van der Waals surface area contributed by atoms with Gasteiger partial charge in [-0.2, -0.15) is 0 Å². The zero-order valence-electron chi connectivity index (χ0n) is 11.0. The molecule has 2 heteroatoms. The molecule has 2 N–H and O–H groups in total. The zero-order chi connectivity index (χ0) is 12.0. The molecule has 0 aliphatic heterocycles. The number of nitrogens with two attached hydrogens (primary N) is 1. The third-order valence-corrected chi connectivity index (χ3v) is 3.80. The van der Waals surface area contributed by atoms with Gasteiger partial charge in [0, 0.05) is 13.1 Å². The van der Waals surface area contributed by atoms with E-state index in [1.165, 1.54) is 37.8 Å². The van der Waals surface area contributed by atoms with E-state index in [0.29, 0.717) is 0 Å². The Labute approximate surface area is 101 Å². The Hall–Kier alpha value is -0.340. The van der Waals surface area contributed by atoms with E-state index in [2.05, 4.69) is 25.3 Å². The Balaban J connectivity index is 2.44. The fraction of sp³-hybridized carbons (Fsp3) is 0.857. The molecule has 2 nitrogen and oxygen atoms in total. The van der Waals surface area contributed by atoms with Gasteiger partial charge in [0.1, 0.15) is 0 Å². The van der Waals surface area contributed by atoms with Crippen LogP contribution in [-0.4, -0.2) is 31.1 Å². The van der Waals surface area contributed by atoms with Crippen LogP contribution in [0.2, 0.25) is 0 Å². The third-order valence-electron chi connectivity index (χ3n) is 3.80. The molecule has 0 spiro atoms. The summed E-state index contributed by atoms with van der Waals surface area (Å²) in [6.07, 6.45) is 5.48. The molecule has 2 atom stereocenters. The molecule has 1 aliphatic rings. The van der Waals surface area contributed by atoms with E-state index in [9.17, 15) is 0 Å². The van der Waals surface area contributed by atoms with Crippen LogP contribution in [0.15, 0.2) is 12.2 Å². The van der Waals surface area contributed by atoms with Crippen molar-refractivity contribution in [3.05, 3.63) is 12.2 Å². The van der Waals surface area contributed by atoms with Gasteiger partial charge in [-0.05, 0) is 44.7 Å². The molecule has 0 bridgehead atoms. The molecule has 1 rings (SSSR count). The van der Waals surface area contributed by atoms with Crippen molar-refractivity contribution in [3.63, 3.8) is 0 Å². The van der Waals surface area contributed by atoms with E-state index in [-0.39, 0.29) is 0 Å². The minimum atomic E-state index is 0.757. The summed E-state index contributed by atoms with van der Waals surface area (Å²) in [7, 11) is 0. The number of hydrogen-bond acceptors (Lipinski definition) is 2. The molecule has 1 fully saturated rings. The summed E-state index contributed by atoms with van der Waals surface area (Å²) in [4.78, 5) is 2.51. The second-order valence-corrected chi connectivity index (χ2v) is 5.33. The standard InChI is InChI=1S/C14H28N2/c1-4-16(10-12(2)3)11-14-8-6-5-7-13(14)9-15/h13-14H,2,4-11,15H2,1,3H3. The maximum atomic E-state index is 5.88. The molecular weight excluding hydrogens is 196 g/mol. The Morgan fingerprint density at radius 2 is 1.94 bits per heavy atom. The van der Waals surface area contributed by atoms with Crippen molar-refractivity contribution in [2.45, 2.75) is 39.5 Å². The molecule has 1 saturated carbocycles. The lowest BCUT2D eigenvalue weighted by atomic mass is 9.79. The number of rotatable bonds is 6. The largest absolute Gasteiger partial charge is 0.330 e. The first-order chi connectivity index (χ1) is 7.67. The van der Waals surface area contributed by atoms with E-state index in [1.807, 2.05) is 0 Å². The van der Waals surface area contributed by atoms with Gasteiger partial charge >= 0.3 is 0 Å². The first-order valence-electron chi connectivity index (χ1n) is 6.74. The van der Waals surface area contributed by atoms with Crippen molar-refractivity contribution in [2.24, 2.45) is 17.6 Å². The van der Waals surface area contributed by atoms with Gasteiger partial charge in [-0.1, -0.05) is 31.9 Å². The predicted octanol–water partition coefficient (Wildman–Crippen LogP) is 2.65. The summed E-state index contributed by atoms with van der Waals surface area (Å²) in [6, 6.07) is 0. The highest BCUT2D eigenvalue weighted by molar-refractivity contribution is 4.92. The van der Waals surface area contributed by atoms with Crippen LogP contribution in [0.25, 0.3) is 0 Å². The highest BCUT2D eigenvalue weighted by Crippen LogP contribution is 2.29. The molecule has 0 amide bonds. The lowest BCUT2D eigenvalue weighted by Crippen LogP contribution is -2.37. The van der Waals surface area contributed by atoms with Crippen LogP contribution in [0.4, 0.5) is 0 Å². The van der Waals surface area contributed by atoms with Crippen LogP contribution in [-0.2, 0) is 0 Å². The highest BCUT2D eigenvalue weighted by atomic mass is 15.1. The molecule has 0 heterocycles. The predicted molar refractivity (Wildman–Crippen MR) is 71.4 cm³/mol. The Morgan fingerprint density at radius 3 is 2.44 bits per heavy atom. The molecule has 0 radical (unpaired) electrons. The number of likely N-dealkylation sites (N-methyl/N-ethyl adjacent to an activating group) is 1. The average molecular weight is 224 g/mol. The second kappa shape index (κ2) is 7.08. The van der Waals surface area contributed by atoms with Gasteiger partial charge < -0.3 is 5.73 Å². The Bertz CT molecular complexity index is 213. The highest BCUT2D eigenvalue weighted by Gasteiger charge is 2.25. The van der Waals surface area contributed by atoms with E-state index in [1.54, 1.807) is 0 Å². The summed E-state index contributed by atoms with van der Waals surface area (Å²) < 4.78 is 0. The molecule has 0 aromatic rings. The maximum Gasteiger partial charge on any atom is 0.0187 e. The smallest absolute Gasteiger partial charge is 0.0187 e. The quantitative estimate of drug-likeness (QED) is 0.703. The SMILES string of the molecule is C=C(C)CN(CC)CC1CCCCC1CN. The molecule has 0 aromatic heterocycles. The Kier molecular flexibility index (Phi) is 6.07. The normalized spacial score (nSPS) is 26.0. The summed E-state index contributed by atoms with van der Waals surface area (Å²) in [6.45, 7) is 12.6. The van der Waals surface area contributed by atoms with Crippen molar-refractivity contribution >= 4 is 0 Å². The number of nitrogens with zero attached hydrogens (tertiary/aromatic N) is 1. The lowest BCUT2D eigenvalue weighted by molar-refractivity contribution is 0.166. The zero-order valence-corrected chi connectivity index (χ0v) is 11.0. The van der Waals surface area contributed by atoms with Crippen LogP contribution >= 0.6 is 0 Å². The van der Waals surface area contributed by atoms with Crippen molar-refractivity contribution in [3.8, 4) is 0 Å². The summed E-state index contributed by atoms with van der Waals surface area (Å²) in [5.41, 5.74) is 7.14. The molecule has 1 aliphatic carbocycles. The van der Waals surface area contributed by atoms with Crippen LogP contribution < -0.4 is 5.73 Å². The van der Waals surface area contributed by atoms with Gasteiger partial charge in [0.25, 0.3) is 0 Å². The van der Waals surface area contributed by atoms with Gasteiger partial charge in [-0.3, -0.25) is 4.90 Å². The topological polar surface area (TPSA) is 29.3 Å². The molecule has 16 heavy (non-hydrogen) atoms. The fourth-order valence-electron chi connectivity index (χ4n) is 2.85. The van der Waals surface area contributed by atoms with Crippen LogP contribution in [0, 0.1) is 11.8 Å². The second-order valence-electron chi connectivity index (χ2n) is 5.33. The fourth-order valence-corrected chi connectivity index (χ4v) is 2.85. The van der Waals surface area contributed by atoms with Crippen molar-refractivity contribution in [1.29, 1.82) is 0 Å². The van der Waals surface area contributed by atoms with Crippen LogP contribution in [0.3, 0.4) is 0 Å². The van der Waals surface area contributed by atoms with Crippen molar-refractivity contribution in [2.75, 3.05) is 26.2 Å². The maximum absolute atomic E-state index is 5.88. The first kappa shape index (κ1) is 13.7. The minimum absolute atomic E-state index is 0.757. The van der Waals surface area contributed by atoms with Gasteiger partial charge in [-0.15, -0.1) is 0 Å². The molecule has 2 unspecified atom stereocenters. The van der Waals surface area contributed by atoms with Crippen LogP contribution in [0.5, 0.6) is 0 Å². The van der Waals surface area contributed by atoms with E-state index in [4.69, 9.17) is 5.73 Å². The molecule has 0 aromatic carbocycles. The van der Waals surface area contributed by atoms with Gasteiger partial charge in [-0.25, -0.2) is 0 Å². The van der Waals surface area contributed by atoms with Crippen LogP contribution in [0.1, 0.15) is 39.5 Å². The van der Waals surface area contributed by atoms with E-state index in [0.717, 1.165) is 31.5 Å². The van der Waals surface area contributed by atoms with Gasteiger partial charge in [0.05, 0.1) is 0 Å². The van der Waals surface area contributed by atoms with Gasteiger partial charge in [0.15, 0.2) is 0 Å². The summed E-state index contributed by atoms with van der Waals surface area (Å²) >= 11 is 0. The molecular formula is C14H28N2. The van der Waals surface area contributed by atoms with Gasteiger partial charge in [0.2, 0.25) is 0 Å². The first-order valence-corrected chi connectivity index (χ1v) is 6.74. The summed E-state index contributed by atoms with van der Waals surface area (Å²) in [5.74, 6) is 1.57. The molecule has 0 saturated heterocycles. The van der Waals surface area contributed by atoms with Crippen molar-refractivity contribution < 1.29 is 0 Å². The molecule has 94 valence electrons. The summed E-state index contributed by atoms with van der Waals surface area (Å²) in [5, 5.41) is 0. The van der Waals surface area contributed by atoms with E-state index < -0.39 is 0 Å².